The molecule has 5 aromatic heterocycles. The van der Waals surface area contributed by atoms with Gasteiger partial charge in [-0.3, -0.25) is 9.97 Å². The summed E-state index contributed by atoms with van der Waals surface area (Å²) in [6.07, 6.45) is 10.8. The maximum Gasteiger partial charge on any atom is 0.211 e. The Morgan fingerprint density at radius 2 is 1.26 bits per heavy atom. The fraction of sp³-hybridized carbons (Fsp3) is 0.111. The molecule has 0 N–H and O–H groups in total. The third-order valence-corrected chi connectivity index (χ3v) is 8.25. The standard InChI is InChI=1S/C22H17N3O2.C14H12BrN3O/c1-25-22(8-9-24-25)26-14-15-6-7-17-12-23-13-19(18(17)10-15)21-11-16-4-2-3-5-20(16)27-21;1-18-14(4-5-17-18)19-9-10-2-3-11-7-16-8-13(15)12(11)6-10/h2-13H,14H2,1H3;2-8H,9H2,1H3. The Labute approximate surface area is 273 Å². The van der Waals surface area contributed by atoms with Crippen LogP contribution in [0.5, 0.6) is 11.8 Å². The second-order valence-corrected chi connectivity index (χ2v) is 11.6. The molecule has 0 bridgehead atoms. The highest BCUT2D eigenvalue weighted by Crippen LogP contribution is 2.33. The van der Waals surface area contributed by atoms with E-state index >= 15 is 0 Å². The van der Waals surface area contributed by atoms with Crippen LogP contribution in [-0.2, 0) is 27.3 Å². The molecule has 0 spiro atoms. The van der Waals surface area contributed by atoms with Crippen LogP contribution < -0.4 is 9.47 Å². The molecule has 0 aliphatic rings. The fourth-order valence-electron chi connectivity index (χ4n) is 5.20. The molecule has 0 saturated heterocycles. The van der Waals surface area contributed by atoms with Gasteiger partial charge >= 0.3 is 0 Å². The van der Waals surface area contributed by atoms with E-state index in [9.17, 15) is 0 Å². The highest BCUT2D eigenvalue weighted by atomic mass is 79.9. The SMILES string of the molecule is Cn1nccc1OCc1ccc2cncc(-c3cc4ccccc4o3)c2c1.Cn1nccc1OCc1ccc2cncc(Br)c2c1. The maximum absolute atomic E-state index is 6.05. The normalized spacial score (nSPS) is 11.1. The summed E-state index contributed by atoms with van der Waals surface area (Å²) in [7, 11) is 3.72. The van der Waals surface area contributed by atoms with Gasteiger partial charge in [0.1, 0.15) is 24.6 Å². The number of pyridine rings is 2. The van der Waals surface area contributed by atoms with Gasteiger partial charge in [0.15, 0.2) is 0 Å². The number of furan rings is 1. The molecule has 9 nitrogen and oxygen atoms in total. The molecule has 0 saturated carbocycles. The molecule has 10 heteroatoms. The second kappa shape index (κ2) is 12.9. The smallest absolute Gasteiger partial charge is 0.211 e. The van der Waals surface area contributed by atoms with Gasteiger partial charge in [-0.2, -0.15) is 10.2 Å². The largest absolute Gasteiger partial charge is 0.473 e. The van der Waals surface area contributed by atoms with Crippen LogP contribution in [0.3, 0.4) is 0 Å². The number of ether oxygens (including phenoxy) is 2. The molecule has 228 valence electrons. The second-order valence-electron chi connectivity index (χ2n) is 10.7. The van der Waals surface area contributed by atoms with Crippen molar-refractivity contribution in [1.29, 1.82) is 0 Å². The molecule has 0 aliphatic carbocycles. The molecule has 0 amide bonds. The summed E-state index contributed by atoms with van der Waals surface area (Å²) in [5.41, 5.74) is 4.04. The number of aromatic nitrogens is 6. The lowest BCUT2D eigenvalue weighted by atomic mass is 10.0. The molecule has 46 heavy (non-hydrogen) atoms. The summed E-state index contributed by atoms with van der Waals surface area (Å²) >= 11 is 3.52. The van der Waals surface area contributed by atoms with Crippen LogP contribution in [0.15, 0.2) is 125 Å². The Morgan fingerprint density at radius 1 is 0.652 bits per heavy atom. The lowest BCUT2D eigenvalue weighted by Gasteiger charge is -2.09. The Balaban J connectivity index is 0.000000157. The van der Waals surface area contributed by atoms with Crippen molar-refractivity contribution < 1.29 is 13.9 Å². The summed E-state index contributed by atoms with van der Waals surface area (Å²) in [5, 5.41) is 13.7. The highest BCUT2D eigenvalue weighted by molar-refractivity contribution is 9.10. The van der Waals surface area contributed by atoms with Crippen molar-refractivity contribution in [2.45, 2.75) is 13.2 Å². The summed E-state index contributed by atoms with van der Waals surface area (Å²) in [4.78, 5) is 8.54. The van der Waals surface area contributed by atoms with E-state index in [1.165, 1.54) is 0 Å². The summed E-state index contributed by atoms with van der Waals surface area (Å²) < 4.78 is 22.1. The number of nitrogens with zero attached hydrogens (tertiary/aromatic N) is 6. The number of aryl methyl sites for hydroxylation is 2. The maximum atomic E-state index is 6.05. The molecule has 0 aliphatic heterocycles. The molecule has 8 rings (SSSR count). The van der Waals surface area contributed by atoms with E-state index in [2.05, 4.69) is 72.5 Å². The third-order valence-electron chi connectivity index (χ3n) is 7.62. The zero-order chi connectivity index (χ0) is 31.5. The summed E-state index contributed by atoms with van der Waals surface area (Å²) in [6, 6.07) is 26.2. The number of benzene rings is 3. The molecule has 3 aromatic carbocycles. The highest BCUT2D eigenvalue weighted by Gasteiger charge is 2.11. The third kappa shape index (κ3) is 6.20. The van der Waals surface area contributed by atoms with E-state index in [0.717, 1.165) is 71.2 Å². The number of fused-ring (bicyclic) bond motifs is 3. The van der Waals surface area contributed by atoms with Gasteiger partial charge in [0.05, 0.1) is 12.4 Å². The molecular weight excluding hydrogens is 644 g/mol. The number of hydrogen-bond donors (Lipinski definition) is 0. The zero-order valence-electron chi connectivity index (χ0n) is 25.2. The number of rotatable bonds is 7. The van der Waals surface area contributed by atoms with Crippen molar-refractivity contribution in [1.82, 2.24) is 29.5 Å². The Hall–Kier alpha value is -5.48. The van der Waals surface area contributed by atoms with Crippen LogP contribution in [0, 0.1) is 0 Å². The Morgan fingerprint density at radius 3 is 1.89 bits per heavy atom. The summed E-state index contributed by atoms with van der Waals surface area (Å²) in [6.45, 7) is 0.988. The molecule has 0 fully saturated rings. The van der Waals surface area contributed by atoms with Gasteiger partial charge in [-0.05, 0) is 62.1 Å². The van der Waals surface area contributed by atoms with Crippen molar-refractivity contribution >= 4 is 48.4 Å². The lowest BCUT2D eigenvalue weighted by molar-refractivity contribution is 0.279. The molecule has 0 unspecified atom stereocenters. The topological polar surface area (TPSA) is 93.0 Å². The number of halogens is 1. The van der Waals surface area contributed by atoms with Gasteiger partial charge in [-0.1, -0.05) is 42.5 Å². The first kappa shape index (κ1) is 29.2. The average Bonchev–Trinajstić information content (AvgIpc) is 3.82. The Kier molecular flexibility index (Phi) is 8.18. The van der Waals surface area contributed by atoms with Crippen LogP contribution in [0.4, 0.5) is 0 Å². The van der Waals surface area contributed by atoms with Crippen LogP contribution in [0.1, 0.15) is 11.1 Å². The average molecular weight is 674 g/mol. The minimum atomic E-state index is 0.470. The van der Waals surface area contributed by atoms with Crippen molar-refractivity contribution in [3.05, 3.63) is 132 Å². The molecule has 5 heterocycles. The van der Waals surface area contributed by atoms with Gasteiger partial charge < -0.3 is 13.9 Å². The quantitative estimate of drug-likeness (QED) is 0.168. The lowest BCUT2D eigenvalue weighted by Crippen LogP contribution is -2.01. The van der Waals surface area contributed by atoms with E-state index < -0.39 is 0 Å². The number of hydrogen-bond acceptors (Lipinski definition) is 7. The molecular formula is C36H29BrN6O3. The van der Waals surface area contributed by atoms with E-state index in [1.54, 1.807) is 28.0 Å². The van der Waals surface area contributed by atoms with E-state index in [0.29, 0.717) is 13.2 Å². The first-order valence-corrected chi connectivity index (χ1v) is 15.4. The Bertz CT molecular complexity index is 2260. The van der Waals surface area contributed by atoms with Gasteiger partial charge in [-0.25, -0.2) is 9.36 Å². The van der Waals surface area contributed by atoms with Crippen LogP contribution in [0.25, 0.3) is 43.8 Å². The van der Waals surface area contributed by atoms with Crippen molar-refractivity contribution in [2.24, 2.45) is 14.1 Å². The van der Waals surface area contributed by atoms with Crippen LogP contribution in [0.2, 0.25) is 0 Å². The first-order chi connectivity index (χ1) is 22.5. The van der Waals surface area contributed by atoms with Crippen molar-refractivity contribution in [3.63, 3.8) is 0 Å². The van der Waals surface area contributed by atoms with E-state index in [4.69, 9.17) is 13.9 Å². The molecule has 0 radical (unpaired) electrons. The van der Waals surface area contributed by atoms with Gasteiger partial charge in [0.2, 0.25) is 11.8 Å². The minimum Gasteiger partial charge on any atom is -0.473 e. The monoisotopic (exact) mass is 672 g/mol. The zero-order valence-corrected chi connectivity index (χ0v) is 26.8. The summed E-state index contributed by atoms with van der Waals surface area (Å²) in [5.74, 6) is 2.32. The molecule has 8 aromatic rings. The van der Waals surface area contributed by atoms with Gasteiger partial charge in [0.25, 0.3) is 0 Å². The van der Waals surface area contributed by atoms with Gasteiger partial charge in [0, 0.05) is 77.2 Å². The van der Waals surface area contributed by atoms with Crippen molar-refractivity contribution in [3.8, 4) is 23.1 Å². The van der Waals surface area contributed by atoms with Crippen LogP contribution >= 0.6 is 15.9 Å². The molecule has 0 atom stereocenters. The fourth-order valence-corrected chi connectivity index (χ4v) is 5.66. The van der Waals surface area contributed by atoms with Gasteiger partial charge in [-0.15, -0.1) is 0 Å². The number of para-hydroxylation sites is 1. The van der Waals surface area contributed by atoms with E-state index in [1.807, 2.05) is 75.2 Å². The van der Waals surface area contributed by atoms with Crippen LogP contribution in [-0.4, -0.2) is 29.5 Å². The first-order valence-electron chi connectivity index (χ1n) is 14.6. The predicted molar refractivity (Wildman–Crippen MR) is 181 cm³/mol. The predicted octanol–water partition coefficient (Wildman–Crippen LogP) is 8.27. The van der Waals surface area contributed by atoms with E-state index in [-0.39, 0.29) is 0 Å². The van der Waals surface area contributed by atoms with Crippen molar-refractivity contribution in [2.75, 3.05) is 0 Å². The minimum absolute atomic E-state index is 0.470.